The third-order valence-electron chi connectivity index (χ3n) is 2.88. The Bertz CT molecular complexity index is 713. The lowest BCUT2D eigenvalue weighted by Gasteiger charge is -2.07. The molecular weight excluding hydrogens is 283 g/mol. The molecule has 0 aliphatic heterocycles. The second kappa shape index (κ2) is 5.04. The van der Waals surface area contributed by atoms with Gasteiger partial charge in [0.15, 0.2) is 0 Å². The topological polar surface area (TPSA) is 48.5 Å². The van der Waals surface area contributed by atoms with E-state index in [1.165, 1.54) is 16.8 Å². The lowest BCUT2D eigenvalue weighted by Crippen LogP contribution is -2.05. The van der Waals surface area contributed by atoms with Crippen molar-refractivity contribution in [1.29, 1.82) is 0 Å². The Morgan fingerprint density at radius 2 is 1.86 bits per heavy atom. The Kier molecular flexibility index (Phi) is 3.20. The molecule has 108 valence electrons. The first kappa shape index (κ1) is 13.3. The van der Waals surface area contributed by atoms with E-state index in [0.29, 0.717) is 17.9 Å². The van der Waals surface area contributed by atoms with Crippen LogP contribution in [0, 0.1) is 0 Å². The van der Waals surface area contributed by atoms with Gasteiger partial charge >= 0.3 is 6.18 Å². The summed E-state index contributed by atoms with van der Waals surface area (Å²) in [5, 5.41) is 11.9. The number of alkyl halides is 3. The third-order valence-corrected chi connectivity index (χ3v) is 2.88. The number of rotatable bonds is 3. The summed E-state index contributed by atoms with van der Waals surface area (Å²) in [4.78, 5) is 0. The van der Waals surface area contributed by atoms with Crippen LogP contribution in [0.3, 0.4) is 0 Å². The van der Waals surface area contributed by atoms with E-state index in [9.17, 15) is 13.2 Å². The summed E-state index contributed by atoms with van der Waals surface area (Å²) in [6.07, 6.45) is 0.758. The molecule has 3 aromatic rings. The molecule has 0 fully saturated rings. The summed E-state index contributed by atoms with van der Waals surface area (Å²) in [5.74, 6) is 0. The molecule has 8 heteroatoms. The van der Waals surface area contributed by atoms with Crippen LogP contribution in [0.4, 0.5) is 13.2 Å². The van der Waals surface area contributed by atoms with Crippen LogP contribution < -0.4 is 0 Å². The molecule has 5 nitrogen and oxygen atoms in total. The van der Waals surface area contributed by atoms with Gasteiger partial charge in [-0.3, -0.25) is 4.68 Å². The molecule has 0 saturated heterocycles. The van der Waals surface area contributed by atoms with Crippen molar-refractivity contribution in [2.75, 3.05) is 0 Å². The van der Waals surface area contributed by atoms with E-state index in [-0.39, 0.29) is 0 Å². The van der Waals surface area contributed by atoms with Crippen LogP contribution in [0.2, 0.25) is 0 Å². The summed E-state index contributed by atoms with van der Waals surface area (Å²) in [6, 6.07) is 6.54. The number of hydrogen-bond acceptors (Lipinski definition) is 3. The van der Waals surface area contributed by atoms with Gasteiger partial charge in [-0.05, 0) is 30.3 Å². The lowest BCUT2D eigenvalue weighted by molar-refractivity contribution is -0.137. The molecule has 0 saturated carbocycles. The maximum atomic E-state index is 12.5. The molecule has 0 spiro atoms. The minimum absolute atomic E-state index is 0.452. The maximum absolute atomic E-state index is 12.5. The highest BCUT2D eigenvalue weighted by Crippen LogP contribution is 2.29. The van der Waals surface area contributed by atoms with Gasteiger partial charge in [0.1, 0.15) is 5.69 Å². The average Bonchev–Trinajstić information content (AvgIpc) is 3.10. The Labute approximate surface area is 117 Å². The molecule has 0 radical (unpaired) electrons. The zero-order valence-electron chi connectivity index (χ0n) is 10.7. The summed E-state index contributed by atoms with van der Waals surface area (Å²) >= 11 is 0. The Morgan fingerprint density at radius 3 is 2.48 bits per heavy atom. The number of nitrogens with zero attached hydrogens (tertiary/aromatic N) is 5. The van der Waals surface area contributed by atoms with Crippen molar-refractivity contribution in [1.82, 2.24) is 24.8 Å². The molecule has 3 rings (SSSR count). The summed E-state index contributed by atoms with van der Waals surface area (Å²) in [7, 11) is 0. The molecule has 0 amide bonds. The first-order chi connectivity index (χ1) is 10.0. The molecule has 21 heavy (non-hydrogen) atoms. The summed E-state index contributed by atoms with van der Waals surface area (Å²) < 4.78 is 40.6. The largest absolute Gasteiger partial charge is 0.416 e. The molecule has 0 aliphatic carbocycles. The Balaban J connectivity index is 1.80. The number of aromatic nitrogens is 5. The fourth-order valence-corrected chi connectivity index (χ4v) is 1.86. The van der Waals surface area contributed by atoms with Crippen molar-refractivity contribution in [3.63, 3.8) is 0 Å². The molecule has 2 heterocycles. The minimum atomic E-state index is -4.34. The number of benzene rings is 1. The fraction of sp³-hybridized carbons (Fsp3) is 0.154. The second-order valence-corrected chi connectivity index (χ2v) is 4.40. The van der Waals surface area contributed by atoms with Gasteiger partial charge < -0.3 is 0 Å². The zero-order chi connectivity index (χ0) is 14.9. The van der Waals surface area contributed by atoms with Crippen molar-refractivity contribution in [3.05, 3.63) is 60.2 Å². The van der Waals surface area contributed by atoms with Gasteiger partial charge in [-0.15, -0.1) is 5.10 Å². The van der Waals surface area contributed by atoms with Crippen LogP contribution in [0.15, 0.2) is 48.9 Å². The Hall–Kier alpha value is -2.64. The molecule has 0 N–H and O–H groups in total. The molecule has 0 bridgehead atoms. The van der Waals surface area contributed by atoms with Crippen LogP contribution in [0.5, 0.6) is 0 Å². The first-order valence-electron chi connectivity index (χ1n) is 6.09. The number of hydrogen-bond donors (Lipinski definition) is 0. The van der Waals surface area contributed by atoms with Gasteiger partial charge in [0.2, 0.25) is 0 Å². The van der Waals surface area contributed by atoms with E-state index in [2.05, 4.69) is 15.4 Å². The van der Waals surface area contributed by atoms with Crippen LogP contribution in [-0.4, -0.2) is 24.8 Å². The van der Waals surface area contributed by atoms with Crippen molar-refractivity contribution in [2.24, 2.45) is 0 Å². The van der Waals surface area contributed by atoms with Gasteiger partial charge in [-0.2, -0.15) is 18.3 Å². The smallest absolute Gasteiger partial charge is 0.267 e. The second-order valence-electron chi connectivity index (χ2n) is 4.40. The summed E-state index contributed by atoms with van der Waals surface area (Å²) in [5.41, 5.74) is 0.490. The highest BCUT2D eigenvalue weighted by atomic mass is 19.4. The molecule has 0 aliphatic rings. The lowest BCUT2D eigenvalue weighted by atomic mass is 10.2. The normalized spacial score (nSPS) is 11.8. The number of halogens is 3. The standard InChI is InChI=1S/C13H10F3N5/c14-13(15,16)10-2-4-12(5-3-10)21-9-11(18-19-21)8-20-7-1-6-17-20/h1-7,9H,8H2. The van der Waals surface area contributed by atoms with E-state index >= 15 is 0 Å². The van der Waals surface area contributed by atoms with E-state index in [0.717, 1.165) is 12.1 Å². The van der Waals surface area contributed by atoms with Crippen molar-refractivity contribution < 1.29 is 13.2 Å². The van der Waals surface area contributed by atoms with Crippen molar-refractivity contribution in [3.8, 4) is 5.69 Å². The highest BCUT2D eigenvalue weighted by Gasteiger charge is 2.30. The fourth-order valence-electron chi connectivity index (χ4n) is 1.86. The van der Waals surface area contributed by atoms with Gasteiger partial charge in [0.25, 0.3) is 0 Å². The molecule has 0 atom stereocenters. The van der Waals surface area contributed by atoms with Crippen molar-refractivity contribution in [2.45, 2.75) is 12.7 Å². The quantitative estimate of drug-likeness (QED) is 0.745. The predicted octanol–water partition coefficient (Wildman–Crippen LogP) is 2.53. The van der Waals surface area contributed by atoms with E-state index in [1.807, 2.05) is 0 Å². The average molecular weight is 293 g/mol. The molecule has 0 unspecified atom stereocenters. The molecule has 1 aromatic carbocycles. The minimum Gasteiger partial charge on any atom is -0.267 e. The van der Waals surface area contributed by atoms with Crippen LogP contribution >= 0.6 is 0 Å². The van der Waals surface area contributed by atoms with Gasteiger partial charge in [0, 0.05) is 12.4 Å². The van der Waals surface area contributed by atoms with Crippen LogP contribution in [0.1, 0.15) is 11.3 Å². The zero-order valence-corrected chi connectivity index (χ0v) is 10.7. The van der Waals surface area contributed by atoms with Gasteiger partial charge in [0.05, 0.1) is 24.0 Å². The predicted molar refractivity (Wildman–Crippen MR) is 67.7 cm³/mol. The highest BCUT2D eigenvalue weighted by molar-refractivity contribution is 5.34. The maximum Gasteiger partial charge on any atom is 0.416 e. The summed E-state index contributed by atoms with van der Waals surface area (Å²) in [6.45, 7) is 0.452. The molecule has 2 aromatic heterocycles. The molecular formula is C13H10F3N5. The van der Waals surface area contributed by atoms with Crippen molar-refractivity contribution >= 4 is 0 Å². The first-order valence-corrected chi connectivity index (χ1v) is 6.09. The van der Waals surface area contributed by atoms with Crippen LogP contribution in [0.25, 0.3) is 5.69 Å². The Morgan fingerprint density at radius 1 is 1.10 bits per heavy atom. The third kappa shape index (κ3) is 2.93. The van der Waals surface area contributed by atoms with Gasteiger partial charge in [-0.1, -0.05) is 5.21 Å². The monoisotopic (exact) mass is 293 g/mol. The van der Waals surface area contributed by atoms with Crippen LogP contribution in [-0.2, 0) is 12.7 Å². The van der Waals surface area contributed by atoms with E-state index in [4.69, 9.17) is 0 Å². The SMILES string of the molecule is FC(F)(F)c1ccc(-n2cc(Cn3cccn3)nn2)cc1. The van der Waals surface area contributed by atoms with E-state index < -0.39 is 11.7 Å². The van der Waals surface area contributed by atoms with E-state index in [1.54, 1.807) is 29.3 Å². The van der Waals surface area contributed by atoms with Gasteiger partial charge in [-0.25, -0.2) is 4.68 Å².